The maximum Gasteiger partial charge on any atom is 0.417 e. The molecule has 0 radical (unpaired) electrons. The lowest BCUT2D eigenvalue weighted by Gasteiger charge is -2.30. The Morgan fingerprint density at radius 2 is 1.73 bits per heavy atom. The number of hydrogen-bond donors (Lipinski definition) is 0. The number of furan rings is 1. The second-order valence-electron chi connectivity index (χ2n) is 6.78. The van der Waals surface area contributed by atoms with Crippen molar-refractivity contribution in [3.8, 4) is 11.3 Å². The molecule has 138 valence electrons. The number of piperidine rings is 1. The first-order chi connectivity index (χ1) is 12.4. The van der Waals surface area contributed by atoms with Gasteiger partial charge in [-0.15, -0.1) is 0 Å². The zero-order chi connectivity index (χ0) is 18.3. The Kier molecular flexibility index (Phi) is 4.26. The predicted octanol–water partition coefficient (Wildman–Crippen LogP) is 3.89. The lowest BCUT2D eigenvalue weighted by molar-refractivity contribution is -0.137. The molecule has 0 spiro atoms. The summed E-state index contributed by atoms with van der Waals surface area (Å²) in [5, 5.41) is 0. The number of amides is 1. The van der Waals surface area contributed by atoms with Gasteiger partial charge in [-0.1, -0.05) is 18.2 Å². The Bertz CT molecular complexity index is 807. The largest absolute Gasteiger partial charge is 0.451 e. The summed E-state index contributed by atoms with van der Waals surface area (Å²) in [5.41, 5.74) is -0.823. The van der Waals surface area contributed by atoms with Crippen molar-refractivity contribution in [3.05, 3.63) is 47.7 Å². The van der Waals surface area contributed by atoms with Crippen LogP contribution in [-0.2, 0) is 6.18 Å². The van der Waals surface area contributed by atoms with Crippen LogP contribution in [0.5, 0.6) is 0 Å². The lowest BCUT2D eigenvalue weighted by Crippen LogP contribution is -2.41. The quantitative estimate of drug-likeness (QED) is 0.811. The summed E-state index contributed by atoms with van der Waals surface area (Å²) in [5.74, 6) is -0.0871. The van der Waals surface area contributed by atoms with Gasteiger partial charge in [0, 0.05) is 37.8 Å². The van der Waals surface area contributed by atoms with E-state index in [1.54, 1.807) is 0 Å². The molecule has 3 aliphatic rings. The Hall–Kier alpha value is -2.28. The summed E-state index contributed by atoms with van der Waals surface area (Å²) in [4.78, 5) is 17.0. The van der Waals surface area contributed by atoms with Crippen LogP contribution in [-0.4, -0.2) is 47.9 Å². The van der Waals surface area contributed by atoms with Gasteiger partial charge in [0.15, 0.2) is 5.76 Å². The van der Waals surface area contributed by atoms with Gasteiger partial charge in [-0.3, -0.25) is 4.79 Å². The van der Waals surface area contributed by atoms with Gasteiger partial charge in [-0.05, 0) is 31.0 Å². The van der Waals surface area contributed by atoms with Crippen molar-refractivity contribution < 1.29 is 22.4 Å². The molecule has 4 heterocycles. The molecular formula is C19H19F3N2O2. The van der Waals surface area contributed by atoms with Crippen molar-refractivity contribution in [2.24, 2.45) is 0 Å². The summed E-state index contributed by atoms with van der Waals surface area (Å²) >= 11 is 0. The second-order valence-corrected chi connectivity index (χ2v) is 6.78. The van der Waals surface area contributed by atoms with E-state index in [9.17, 15) is 18.0 Å². The van der Waals surface area contributed by atoms with Crippen molar-refractivity contribution in [1.82, 2.24) is 9.80 Å². The zero-order valence-corrected chi connectivity index (χ0v) is 14.1. The van der Waals surface area contributed by atoms with Crippen LogP contribution in [0, 0.1) is 0 Å². The molecule has 3 saturated heterocycles. The molecule has 26 heavy (non-hydrogen) atoms. The van der Waals surface area contributed by atoms with Gasteiger partial charge in [0.1, 0.15) is 5.76 Å². The van der Waals surface area contributed by atoms with E-state index in [0.29, 0.717) is 6.54 Å². The van der Waals surface area contributed by atoms with E-state index >= 15 is 0 Å². The van der Waals surface area contributed by atoms with Crippen LogP contribution in [0.15, 0.2) is 40.8 Å². The fourth-order valence-electron chi connectivity index (χ4n) is 3.84. The van der Waals surface area contributed by atoms with Crippen LogP contribution in [0.4, 0.5) is 13.2 Å². The minimum absolute atomic E-state index is 0.0537. The third kappa shape index (κ3) is 3.11. The van der Waals surface area contributed by atoms with E-state index in [-0.39, 0.29) is 29.0 Å². The van der Waals surface area contributed by atoms with E-state index in [4.69, 9.17) is 4.42 Å². The number of fused-ring (bicyclic) bond motifs is 4. The average Bonchev–Trinajstić information content (AvgIpc) is 2.93. The molecule has 2 bridgehead atoms. The number of carbonyl (C=O) groups is 1. The van der Waals surface area contributed by atoms with Crippen molar-refractivity contribution in [1.29, 1.82) is 0 Å². The second kappa shape index (κ2) is 6.46. The number of hydrogen-bond acceptors (Lipinski definition) is 3. The smallest absolute Gasteiger partial charge is 0.417 e. The Morgan fingerprint density at radius 1 is 1.00 bits per heavy atom. The maximum absolute atomic E-state index is 13.2. The minimum Gasteiger partial charge on any atom is -0.451 e. The summed E-state index contributed by atoms with van der Waals surface area (Å²) in [7, 11) is 0. The molecule has 7 heteroatoms. The molecule has 0 unspecified atom stereocenters. The Morgan fingerprint density at radius 3 is 2.46 bits per heavy atom. The van der Waals surface area contributed by atoms with Crippen LogP contribution in [0.3, 0.4) is 0 Å². The van der Waals surface area contributed by atoms with E-state index in [1.807, 2.05) is 4.90 Å². The number of rotatable bonds is 2. The highest BCUT2D eigenvalue weighted by molar-refractivity contribution is 5.92. The Labute approximate surface area is 149 Å². The highest BCUT2D eigenvalue weighted by Gasteiger charge is 2.35. The third-order valence-electron chi connectivity index (χ3n) is 5.23. The first-order valence-electron chi connectivity index (χ1n) is 8.73. The van der Waals surface area contributed by atoms with Crippen LogP contribution in [0.1, 0.15) is 29.0 Å². The number of halogens is 3. The molecule has 1 amide bonds. The van der Waals surface area contributed by atoms with Gasteiger partial charge in [-0.2, -0.15) is 13.2 Å². The normalized spacial score (nSPS) is 23.1. The van der Waals surface area contributed by atoms with Crippen LogP contribution in [0.2, 0.25) is 0 Å². The monoisotopic (exact) mass is 364 g/mol. The average molecular weight is 364 g/mol. The van der Waals surface area contributed by atoms with Crippen molar-refractivity contribution >= 4 is 5.91 Å². The standard InChI is InChI=1S/C19H19F3N2O2/c20-19(21,22)15-4-2-1-3-14(15)16-5-6-17(26-16)18(25)24-12-11-23-9-7-13(24)8-10-23/h1-6,13H,7-12H2. The number of nitrogens with zero attached hydrogens (tertiary/aromatic N) is 2. The summed E-state index contributed by atoms with van der Waals surface area (Å²) in [6.45, 7) is 3.42. The molecule has 0 aliphatic carbocycles. The third-order valence-corrected chi connectivity index (χ3v) is 5.23. The lowest BCUT2D eigenvalue weighted by atomic mass is 10.0. The van der Waals surface area contributed by atoms with Gasteiger partial charge >= 0.3 is 6.18 Å². The van der Waals surface area contributed by atoms with Gasteiger partial charge in [0.05, 0.1) is 5.56 Å². The molecule has 2 aromatic rings. The highest BCUT2D eigenvalue weighted by Crippen LogP contribution is 2.37. The van der Waals surface area contributed by atoms with E-state index in [0.717, 1.165) is 38.5 Å². The fraction of sp³-hybridized carbons (Fsp3) is 0.421. The van der Waals surface area contributed by atoms with E-state index in [1.165, 1.54) is 30.3 Å². The molecule has 4 nitrogen and oxygen atoms in total. The van der Waals surface area contributed by atoms with Gasteiger partial charge in [-0.25, -0.2) is 0 Å². The van der Waals surface area contributed by atoms with Gasteiger partial charge < -0.3 is 14.2 Å². The molecule has 0 saturated carbocycles. The molecule has 0 atom stereocenters. The minimum atomic E-state index is -4.48. The SMILES string of the molecule is O=C(c1ccc(-c2ccccc2C(F)(F)F)o1)N1CCN2CCC1CC2. The topological polar surface area (TPSA) is 36.7 Å². The van der Waals surface area contributed by atoms with Crippen LogP contribution >= 0.6 is 0 Å². The maximum atomic E-state index is 13.2. The zero-order valence-electron chi connectivity index (χ0n) is 14.1. The summed E-state index contributed by atoms with van der Waals surface area (Å²) < 4.78 is 45.2. The van der Waals surface area contributed by atoms with Crippen molar-refractivity contribution in [3.63, 3.8) is 0 Å². The first-order valence-corrected chi connectivity index (χ1v) is 8.73. The predicted molar refractivity (Wildman–Crippen MR) is 89.6 cm³/mol. The summed E-state index contributed by atoms with van der Waals surface area (Å²) in [6.07, 6.45) is -2.63. The summed E-state index contributed by atoms with van der Waals surface area (Å²) in [6, 6.07) is 8.33. The number of benzene rings is 1. The molecular weight excluding hydrogens is 345 g/mol. The van der Waals surface area contributed by atoms with Crippen LogP contribution in [0.25, 0.3) is 11.3 Å². The molecule has 1 aromatic heterocycles. The highest BCUT2D eigenvalue weighted by atomic mass is 19.4. The number of carbonyl (C=O) groups excluding carboxylic acids is 1. The fourth-order valence-corrected chi connectivity index (χ4v) is 3.84. The van der Waals surface area contributed by atoms with Gasteiger partial charge in [0.2, 0.25) is 0 Å². The van der Waals surface area contributed by atoms with E-state index < -0.39 is 11.7 Å². The molecule has 0 N–H and O–H groups in total. The molecule has 3 fully saturated rings. The first kappa shape index (κ1) is 17.1. The Balaban J connectivity index is 1.62. The molecule has 1 aromatic carbocycles. The molecule has 5 rings (SSSR count). The van der Waals surface area contributed by atoms with Crippen LogP contribution < -0.4 is 0 Å². The van der Waals surface area contributed by atoms with Gasteiger partial charge in [0.25, 0.3) is 5.91 Å². The van der Waals surface area contributed by atoms with Crippen molar-refractivity contribution in [2.75, 3.05) is 26.2 Å². The van der Waals surface area contributed by atoms with Crippen molar-refractivity contribution in [2.45, 2.75) is 25.1 Å². The number of alkyl halides is 3. The van der Waals surface area contributed by atoms with E-state index in [2.05, 4.69) is 4.90 Å². The molecule has 3 aliphatic heterocycles.